The van der Waals surface area contributed by atoms with Gasteiger partial charge in [-0.25, -0.2) is 13.6 Å². The Balaban J connectivity index is 1.49. The first-order valence-corrected chi connectivity index (χ1v) is 10.6. The fraction of sp³-hybridized carbons (Fsp3) is 0.238. The summed E-state index contributed by atoms with van der Waals surface area (Å²) in [7, 11) is -3.65. The highest BCUT2D eigenvalue weighted by Crippen LogP contribution is 2.24. The predicted molar refractivity (Wildman–Crippen MR) is 108 cm³/mol. The number of aliphatic hydroxyl groups is 1. The highest BCUT2D eigenvalue weighted by atomic mass is 32.2. The fourth-order valence-electron chi connectivity index (χ4n) is 2.84. The van der Waals surface area contributed by atoms with Crippen molar-refractivity contribution in [3.8, 4) is 11.3 Å². The molecule has 0 bridgehead atoms. The quantitative estimate of drug-likeness (QED) is 0.504. The Morgan fingerprint density at radius 1 is 1.04 bits per heavy atom. The Morgan fingerprint density at radius 2 is 1.71 bits per heavy atom. The van der Waals surface area contributed by atoms with Crippen LogP contribution in [-0.4, -0.2) is 20.1 Å². The number of hydrogen-bond donors (Lipinski definition) is 3. The Labute approximate surface area is 165 Å². The number of nitrogens with one attached hydrogen (secondary N) is 1. The monoisotopic (exact) mass is 400 g/mol. The van der Waals surface area contributed by atoms with Crippen molar-refractivity contribution < 1.29 is 17.9 Å². The zero-order chi connectivity index (χ0) is 20.1. The van der Waals surface area contributed by atoms with E-state index >= 15 is 0 Å². The summed E-state index contributed by atoms with van der Waals surface area (Å²) in [5, 5.41) is 18.0. The van der Waals surface area contributed by atoms with E-state index in [0.717, 1.165) is 41.2 Å². The SMILES string of the molecule is C[C@@H](O)c1ccc(-c2ccc(CNCCc3ccc(S(N)(=O)=O)cc3)o2)cc1. The number of furan rings is 1. The third kappa shape index (κ3) is 5.30. The maximum Gasteiger partial charge on any atom is 0.238 e. The van der Waals surface area contributed by atoms with Crippen LogP contribution in [0.25, 0.3) is 11.3 Å². The maximum atomic E-state index is 11.3. The number of rotatable bonds is 8. The Hall–Kier alpha value is -2.45. The van der Waals surface area contributed by atoms with Gasteiger partial charge in [0.15, 0.2) is 0 Å². The van der Waals surface area contributed by atoms with Crippen LogP contribution in [0.4, 0.5) is 0 Å². The number of sulfonamides is 1. The molecule has 0 radical (unpaired) electrons. The second kappa shape index (κ2) is 8.70. The average molecular weight is 401 g/mol. The molecule has 1 atom stereocenters. The lowest BCUT2D eigenvalue weighted by Crippen LogP contribution is -2.16. The normalized spacial score (nSPS) is 12.8. The second-order valence-corrected chi connectivity index (χ2v) is 8.24. The average Bonchev–Trinajstić information content (AvgIpc) is 3.14. The molecule has 0 saturated carbocycles. The van der Waals surface area contributed by atoms with Crippen LogP contribution in [0.1, 0.15) is 29.9 Å². The van der Waals surface area contributed by atoms with E-state index in [9.17, 15) is 13.5 Å². The van der Waals surface area contributed by atoms with Crippen molar-refractivity contribution in [3.05, 3.63) is 77.6 Å². The van der Waals surface area contributed by atoms with Crippen LogP contribution in [-0.2, 0) is 23.0 Å². The van der Waals surface area contributed by atoms with Gasteiger partial charge in [-0.15, -0.1) is 0 Å². The van der Waals surface area contributed by atoms with Crippen LogP contribution < -0.4 is 10.5 Å². The number of primary sulfonamides is 1. The summed E-state index contributed by atoms with van der Waals surface area (Å²) in [5.74, 6) is 1.62. The molecule has 0 aliphatic rings. The second-order valence-electron chi connectivity index (χ2n) is 6.68. The van der Waals surface area contributed by atoms with Crippen LogP contribution >= 0.6 is 0 Å². The molecule has 28 heavy (non-hydrogen) atoms. The number of hydrogen-bond acceptors (Lipinski definition) is 5. The topological polar surface area (TPSA) is 106 Å². The Morgan fingerprint density at radius 3 is 2.32 bits per heavy atom. The highest BCUT2D eigenvalue weighted by Gasteiger charge is 2.08. The molecule has 2 aromatic carbocycles. The lowest BCUT2D eigenvalue weighted by molar-refractivity contribution is 0.199. The van der Waals surface area contributed by atoms with E-state index in [0.29, 0.717) is 6.54 Å². The molecule has 0 saturated heterocycles. The van der Waals surface area contributed by atoms with E-state index in [-0.39, 0.29) is 4.90 Å². The molecular weight excluding hydrogens is 376 g/mol. The van der Waals surface area contributed by atoms with E-state index in [4.69, 9.17) is 9.56 Å². The lowest BCUT2D eigenvalue weighted by Gasteiger charge is -2.05. The zero-order valence-electron chi connectivity index (χ0n) is 15.6. The molecule has 0 spiro atoms. The summed E-state index contributed by atoms with van der Waals surface area (Å²) < 4.78 is 28.4. The molecule has 4 N–H and O–H groups in total. The Bertz CT molecular complexity index is 1010. The maximum absolute atomic E-state index is 11.3. The van der Waals surface area contributed by atoms with Gasteiger partial charge in [0.05, 0.1) is 17.5 Å². The predicted octanol–water partition coefficient (Wildman–Crippen LogP) is 2.98. The summed E-state index contributed by atoms with van der Waals surface area (Å²) in [6.07, 6.45) is 0.278. The molecule has 0 fully saturated rings. The van der Waals surface area contributed by atoms with Crippen LogP contribution in [0.3, 0.4) is 0 Å². The largest absolute Gasteiger partial charge is 0.460 e. The van der Waals surface area contributed by atoms with E-state index in [1.807, 2.05) is 36.4 Å². The van der Waals surface area contributed by atoms with E-state index < -0.39 is 16.1 Å². The van der Waals surface area contributed by atoms with Crippen LogP contribution in [0.5, 0.6) is 0 Å². The smallest absolute Gasteiger partial charge is 0.238 e. The zero-order valence-corrected chi connectivity index (χ0v) is 16.4. The number of aliphatic hydroxyl groups excluding tert-OH is 1. The van der Waals surface area contributed by atoms with Gasteiger partial charge in [0, 0.05) is 5.56 Å². The van der Waals surface area contributed by atoms with E-state index in [1.54, 1.807) is 19.1 Å². The molecule has 0 unspecified atom stereocenters. The minimum Gasteiger partial charge on any atom is -0.460 e. The summed E-state index contributed by atoms with van der Waals surface area (Å²) >= 11 is 0. The van der Waals surface area contributed by atoms with Crippen LogP contribution in [0, 0.1) is 0 Å². The van der Waals surface area contributed by atoms with Gasteiger partial charge >= 0.3 is 0 Å². The van der Waals surface area contributed by atoms with Crippen molar-refractivity contribution in [3.63, 3.8) is 0 Å². The van der Waals surface area contributed by atoms with Gasteiger partial charge < -0.3 is 14.8 Å². The summed E-state index contributed by atoms with van der Waals surface area (Å²) in [6, 6.07) is 18.1. The first-order chi connectivity index (χ1) is 13.3. The standard InChI is InChI=1S/C21H24N2O4S/c1-15(24)17-4-6-18(7-5-17)21-11-8-19(27-21)14-23-13-12-16-2-9-20(10-3-16)28(22,25)26/h2-11,15,23-24H,12-14H2,1H3,(H2,22,25,26)/t15-/m1/s1. The van der Waals surface area contributed by atoms with Gasteiger partial charge in [-0.3, -0.25) is 0 Å². The van der Waals surface area contributed by atoms with Gasteiger partial charge in [0.25, 0.3) is 0 Å². The van der Waals surface area contributed by atoms with Crippen molar-refractivity contribution in [2.24, 2.45) is 5.14 Å². The molecule has 0 aliphatic heterocycles. The molecule has 1 aromatic heterocycles. The summed E-state index contributed by atoms with van der Waals surface area (Å²) in [4.78, 5) is 0.119. The summed E-state index contributed by atoms with van der Waals surface area (Å²) in [6.45, 7) is 3.06. The molecule has 148 valence electrons. The minimum absolute atomic E-state index is 0.119. The van der Waals surface area contributed by atoms with Gasteiger partial charge in [-0.2, -0.15) is 0 Å². The van der Waals surface area contributed by atoms with Crippen LogP contribution in [0.2, 0.25) is 0 Å². The van der Waals surface area contributed by atoms with E-state index in [1.165, 1.54) is 12.1 Å². The number of benzene rings is 2. The van der Waals surface area contributed by atoms with Gasteiger partial charge in [-0.1, -0.05) is 36.4 Å². The lowest BCUT2D eigenvalue weighted by atomic mass is 10.1. The molecule has 0 amide bonds. The van der Waals surface area contributed by atoms with Crippen molar-refractivity contribution >= 4 is 10.0 Å². The molecule has 6 nitrogen and oxygen atoms in total. The molecule has 1 heterocycles. The van der Waals surface area contributed by atoms with Crippen molar-refractivity contribution in [1.82, 2.24) is 5.32 Å². The third-order valence-corrected chi connectivity index (χ3v) is 5.41. The first-order valence-electron chi connectivity index (χ1n) is 9.02. The summed E-state index contributed by atoms with van der Waals surface area (Å²) in [5.41, 5.74) is 2.86. The van der Waals surface area contributed by atoms with Crippen molar-refractivity contribution in [2.75, 3.05) is 6.54 Å². The minimum atomic E-state index is -3.65. The van der Waals surface area contributed by atoms with Gasteiger partial charge in [0.1, 0.15) is 11.5 Å². The first kappa shape index (κ1) is 20.3. The van der Waals surface area contributed by atoms with Crippen molar-refractivity contribution in [2.45, 2.75) is 30.9 Å². The molecule has 7 heteroatoms. The molecule has 0 aliphatic carbocycles. The van der Waals surface area contributed by atoms with Gasteiger partial charge in [0.2, 0.25) is 10.0 Å². The number of nitrogens with two attached hydrogens (primary N) is 1. The molecule has 3 rings (SSSR count). The van der Waals surface area contributed by atoms with Crippen molar-refractivity contribution in [1.29, 1.82) is 0 Å². The fourth-order valence-corrected chi connectivity index (χ4v) is 3.36. The van der Waals surface area contributed by atoms with Crippen LogP contribution in [0.15, 0.2) is 70.0 Å². The molecular formula is C21H24N2O4S. The Kier molecular flexibility index (Phi) is 6.31. The van der Waals surface area contributed by atoms with E-state index in [2.05, 4.69) is 5.32 Å². The highest BCUT2D eigenvalue weighted by molar-refractivity contribution is 7.89. The van der Waals surface area contributed by atoms with Gasteiger partial charge in [-0.05, 0) is 55.3 Å². The molecule has 3 aromatic rings. The third-order valence-electron chi connectivity index (χ3n) is 4.48.